The number of fused-ring (bicyclic) bond motifs is 1. The maximum absolute atomic E-state index is 14.8. The smallest absolute Gasteiger partial charge is 0.224 e. The molecule has 5 N–H and O–H groups in total. The number of nitrogens with two attached hydrogens (primary N) is 2. The van der Waals surface area contributed by atoms with Crippen LogP contribution in [0.15, 0.2) is 67.0 Å². The number of alkyl halides is 1. The Kier molecular flexibility index (Phi) is 6.79. The fraction of sp³-hybridized carbons (Fsp3) is 0.320. The molecule has 0 unspecified atom stereocenters. The topological polar surface area (TPSA) is 144 Å². The molecule has 188 valence electrons. The molecule has 0 bridgehead atoms. The number of benzene rings is 2. The normalized spacial score (nSPS) is 23.9. The summed E-state index contributed by atoms with van der Waals surface area (Å²) in [7, 11) is 0. The van der Waals surface area contributed by atoms with Crippen LogP contribution in [0.5, 0.6) is 0 Å². The van der Waals surface area contributed by atoms with E-state index in [-0.39, 0.29) is 37.2 Å². The molecule has 1 saturated heterocycles. The van der Waals surface area contributed by atoms with Crippen molar-refractivity contribution in [3.63, 3.8) is 0 Å². The molecule has 11 heteroatoms. The zero-order valence-electron chi connectivity index (χ0n) is 19.4. The average molecular weight is 495 g/mol. The summed E-state index contributed by atoms with van der Waals surface area (Å²) < 4.78 is 34.4. The highest BCUT2D eigenvalue weighted by atomic mass is 19.1. The van der Waals surface area contributed by atoms with Gasteiger partial charge in [0.05, 0.1) is 26.1 Å². The van der Waals surface area contributed by atoms with Crippen molar-refractivity contribution in [1.82, 2.24) is 19.5 Å². The summed E-state index contributed by atoms with van der Waals surface area (Å²) >= 11 is 0. The van der Waals surface area contributed by atoms with E-state index >= 15 is 0 Å². The van der Waals surface area contributed by atoms with E-state index in [4.69, 9.17) is 25.7 Å². The lowest BCUT2D eigenvalue weighted by Gasteiger charge is -2.31. The lowest BCUT2D eigenvalue weighted by Crippen LogP contribution is -2.50. The zero-order chi connectivity index (χ0) is 25.1. The number of ether oxygens (including phenoxy) is 3. The van der Waals surface area contributed by atoms with E-state index in [1.165, 1.54) is 10.9 Å². The first-order valence-electron chi connectivity index (χ1n) is 11.5. The van der Waals surface area contributed by atoms with Crippen LogP contribution in [-0.4, -0.2) is 55.7 Å². The Morgan fingerprint density at radius 1 is 1.00 bits per heavy atom. The van der Waals surface area contributed by atoms with E-state index in [9.17, 15) is 9.50 Å². The maximum Gasteiger partial charge on any atom is 0.224 e. The molecular formula is C25H27FN6O4. The van der Waals surface area contributed by atoms with Gasteiger partial charge in [0, 0.05) is 0 Å². The summed E-state index contributed by atoms with van der Waals surface area (Å²) in [6, 6.07) is 18.9. The molecule has 0 radical (unpaired) electrons. The van der Waals surface area contributed by atoms with Gasteiger partial charge < -0.3 is 30.8 Å². The molecule has 2 aromatic heterocycles. The predicted molar refractivity (Wildman–Crippen MR) is 130 cm³/mol. The van der Waals surface area contributed by atoms with Crippen molar-refractivity contribution in [1.29, 1.82) is 0 Å². The van der Waals surface area contributed by atoms with Crippen molar-refractivity contribution in [3.05, 3.63) is 78.1 Å². The Balaban J connectivity index is 1.44. The molecule has 1 aliphatic rings. The minimum Gasteiger partial charge on any atom is -0.386 e. The summed E-state index contributed by atoms with van der Waals surface area (Å²) in [5.41, 5.74) is 12.5. The van der Waals surface area contributed by atoms with Crippen molar-refractivity contribution in [2.45, 2.75) is 37.3 Å². The van der Waals surface area contributed by atoms with Crippen molar-refractivity contribution in [2.75, 3.05) is 24.7 Å². The van der Waals surface area contributed by atoms with Crippen LogP contribution < -0.4 is 11.5 Å². The molecule has 5 rings (SSSR count). The summed E-state index contributed by atoms with van der Waals surface area (Å²) in [4.78, 5) is 12.3. The number of rotatable bonds is 9. The number of aliphatic hydroxyl groups is 1. The molecule has 1 aliphatic heterocycles. The fourth-order valence-electron chi connectivity index (χ4n) is 4.39. The predicted octanol–water partition coefficient (Wildman–Crippen LogP) is 2.39. The van der Waals surface area contributed by atoms with Gasteiger partial charge in [0.1, 0.15) is 24.4 Å². The number of aliphatic hydroxyl groups excluding tert-OH is 1. The molecule has 0 amide bonds. The number of anilines is 2. The second-order valence-corrected chi connectivity index (χ2v) is 8.68. The molecule has 3 heterocycles. The largest absolute Gasteiger partial charge is 0.386 e. The Morgan fingerprint density at radius 3 is 2.33 bits per heavy atom. The summed E-state index contributed by atoms with van der Waals surface area (Å²) in [6.07, 6.45) is -2.02. The minimum absolute atomic E-state index is 0.0611. The number of hydrogen-bond acceptors (Lipinski definition) is 9. The average Bonchev–Trinajstić information content (AvgIpc) is 3.43. The number of nitrogen functional groups attached to an aromatic ring is 2. The number of imidazole rings is 1. The van der Waals surface area contributed by atoms with Gasteiger partial charge in [0.2, 0.25) is 5.95 Å². The Hall–Kier alpha value is -3.64. The van der Waals surface area contributed by atoms with E-state index in [2.05, 4.69) is 15.0 Å². The first-order valence-corrected chi connectivity index (χ1v) is 11.5. The van der Waals surface area contributed by atoms with Crippen molar-refractivity contribution >= 4 is 22.9 Å². The van der Waals surface area contributed by atoms with E-state index in [1.54, 1.807) is 0 Å². The molecular weight excluding hydrogens is 467 g/mol. The highest BCUT2D eigenvalue weighted by molar-refractivity contribution is 5.82. The van der Waals surface area contributed by atoms with Gasteiger partial charge in [0.15, 0.2) is 23.3 Å². The maximum atomic E-state index is 14.8. The van der Waals surface area contributed by atoms with Crippen LogP contribution in [0.2, 0.25) is 0 Å². The molecule has 1 fully saturated rings. The van der Waals surface area contributed by atoms with Gasteiger partial charge in [-0.05, 0) is 11.1 Å². The van der Waals surface area contributed by atoms with Crippen LogP contribution in [0.3, 0.4) is 0 Å². The number of halogens is 1. The van der Waals surface area contributed by atoms with Gasteiger partial charge >= 0.3 is 0 Å². The number of hydrogen-bond donors (Lipinski definition) is 3. The fourth-order valence-corrected chi connectivity index (χ4v) is 4.39. The lowest BCUT2D eigenvalue weighted by atomic mass is 9.97. The van der Waals surface area contributed by atoms with Crippen LogP contribution in [-0.2, 0) is 27.4 Å². The minimum atomic E-state index is -1.59. The van der Waals surface area contributed by atoms with Crippen LogP contribution in [0.1, 0.15) is 17.4 Å². The van der Waals surface area contributed by atoms with E-state index < -0.39 is 30.7 Å². The highest BCUT2D eigenvalue weighted by Crippen LogP contribution is 2.41. The Bertz CT molecular complexity index is 1310. The molecule has 0 saturated carbocycles. The van der Waals surface area contributed by atoms with Crippen LogP contribution in [0.25, 0.3) is 11.2 Å². The van der Waals surface area contributed by atoms with Crippen LogP contribution in [0.4, 0.5) is 16.2 Å². The number of nitrogens with zero attached hydrogens (tertiary/aromatic N) is 4. The molecule has 4 atom stereocenters. The molecule has 4 aromatic rings. The second-order valence-electron chi connectivity index (χ2n) is 8.68. The third-order valence-corrected chi connectivity index (χ3v) is 6.17. The second kappa shape index (κ2) is 10.2. The van der Waals surface area contributed by atoms with Crippen LogP contribution in [0, 0.1) is 0 Å². The summed E-state index contributed by atoms with van der Waals surface area (Å²) in [5.74, 6) is 0.0256. The quantitative estimate of drug-likeness (QED) is 0.319. The molecule has 0 spiro atoms. The van der Waals surface area contributed by atoms with Gasteiger partial charge in [-0.2, -0.15) is 9.97 Å². The van der Waals surface area contributed by atoms with Crippen molar-refractivity contribution < 1.29 is 23.7 Å². The molecule has 10 nitrogen and oxygen atoms in total. The lowest BCUT2D eigenvalue weighted by molar-refractivity contribution is -0.164. The van der Waals surface area contributed by atoms with Gasteiger partial charge in [-0.1, -0.05) is 60.7 Å². The van der Waals surface area contributed by atoms with Crippen molar-refractivity contribution in [3.8, 4) is 0 Å². The Labute approximate surface area is 206 Å². The third-order valence-electron chi connectivity index (χ3n) is 6.17. The van der Waals surface area contributed by atoms with Gasteiger partial charge in [-0.15, -0.1) is 0 Å². The monoisotopic (exact) mass is 494 g/mol. The summed E-state index contributed by atoms with van der Waals surface area (Å²) in [6.45, 7) is -0.726. The van der Waals surface area contributed by atoms with Gasteiger partial charge in [-0.25, -0.2) is 9.37 Å². The van der Waals surface area contributed by atoms with Gasteiger partial charge in [0.25, 0.3) is 0 Å². The zero-order valence-corrected chi connectivity index (χ0v) is 19.4. The Morgan fingerprint density at radius 2 is 1.67 bits per heavy atom. The molecule has 36 heavy (non-hydrogen) atoms. The third kappa shape index (κ3) is 4.61. The number of aromatic nitrogens is 4. The van der Waals surface area contributed by atoms with E-state index in [0.717, 1.165) is 11.1 Å². The van der Waals surface area contributed by atoms with E-state index in [0.29, 0.717) is 5.52 Å². The first kappa shape index (κ1) is 24.1. The summed E-state index contributed by atoms with van der Waals surface area (Å²) in [5, 5.41) is 11.4. The van der Waals surface area contributed by atoms with Gasteiger partial charge in [-0.3, -0.25) is 4.57 Å². The van der Waals surface area contributed by atoms with Crippen molar-refractivity contribution in [2.24, 2.45) is 0 Å². The standard InChI is InChI=1S/C25H27FN6O4/c26-13-25(14-34-11-16-7-3-1-4-8-16)20(35-12-17-9-5-2-6-10-17)19(33)23(36-25)32-15-29-18-21(27)30-24(28)31-22(18)32/h1-10,15,19-20,23,33H,11-14H2,(H4,27,28,30,31)/t19-,20+,23-,25-/m1/s1. The molecule has 0 aliphatic carbocycles. The highest BCUT2D eigenvalue weighted by Gasteiger charge is 2.57. The first-order chi connectivity index (χ1) is 17.5. The van der Waals surface area contributed by atoms with Crippen LogP contribution >= 0.6 is 0 Å². The molecule has 2 aromatic carbocycles. The van der Waals surface area contributed by atoms with E-state index in [1.807, 2.05) is 60.7 Å². The SMILES string of the molecule is Nc1nc(N)c2ncn([C@@H]3O[C@](CF)(COCc4ccccc4)[C@@H](OCc4ccccc4)[C@H]3O)c2n1.